The van der Waals surface area contributed by atoms with E-state index in [9.17, 15) is 14.7 Å². The first-order valence-corrected chi connectivity index (χ1v) is 19.2. The van der Waals surface area contributed by atoms with Gasteiger partial charge in [-0.05, 0) is 141 Å². The van der Waals surface area contributed by atoms with E-state index in [1.807, 2.05) is 0 Å². The molecule has 0 radical (unpaired) electrons. The summed E-state index contributed by atoms with van der Waals surface area (Å²) in [7, 11) is 0. The molecule has 0 aliphatic heterocycles. The summed E-state index contributed by atoms with van der Waals surface area (Å²) < 4.78 is 10.9. The third kappa shape index (κ3) is 10.7. The highest BCUT2D eigenvalue weighted by Gasteiger charge is 2.32. The van der Waals surface area contributed by atoms with E-state index in [0.717, 1.165) is 36.2 Å². The number of hydrogen-bond acceptors (Lipinski definition) is 5. The molecule has 2 aromatic carbocycles. The molecule has 2 fully saturated rings. The molecule has 5 heteroatoms. The lowest BCUT2D eigenvalue weighted by Gasteiger charge is -2.38. The third-order valence-electron chi connectivity index (χ3n) is 11.5. The summed E-state index contributed by atoms with van der Waals surface area (Å²) in [4.78, 5) is 24.4. The van der Waals surface area contributed by atoms with Crippen LogP contribution in [0.25, 0.3) is 0 Å². The van der Waals surface area contributed by atoms with Crippen molar-refractivity contribution in [3.8, 4) is 0 Å². The highest BCUT2D eigenvalue weighted by molar-refractivity contribution is 5.88. The minimum absolute atomic E-state index is 0.000668. The summed E-state index contributed by atoms with van der Waals surface area (Å²) in [6, 6.07) is 14.0. The largest absolute Gasteiger partial charge is 0.462 e. The van der Waals surface area contributed by atoms with Crippen molar-refractivity contribution in [2.75, 3.05) is 19.8 Å². The molecule has 0 aromatic heterocycles. The number of ether oxygens (including phenoxy) is 2. The molecule has 5 nitrogen and oxygen atoms in total. The van der Waals surface area contributed by atoms with Crippen molar-refractivity contribution in [3.05, 3.63) is 94.1 Å². The normalized spacial score (nSPS) is 21.5. The molecule has 49 heavy (non-hydrogen) atoms. The van der Waals surface area contributed by atoms with Crippen LogP contribution < -0.4 is 0 Å². The molecule has 2 aromatic rings. The van der Waals surface area contributed by atoms with Crippen LogP contribution >= 0.6 is 0 Å². The van der Waals surface area contributed by atoms with Gasteiger partial charge in [-0.25, -0.2) is 9.59 Å². The average Bonchev–Trinajstić information content (AvgIpc) is 3.14. The predicted octanol–water partition coefficient (Wildman–Crippen LogP) is 10.1. The summed E-state index contributed by atoms with van der Waals surface area (Å²) >= 11 is 0. The van der Waals surface area contributed by atoms with E-state index in [2.05, 4.69) is 70.3 Å². The van der Waals surface area contributed by atoms with Crippen LogP contribution in [0.15, 0.2) is 60.7 Å². The van der Waals surface area contributed by atoms with E-state index in [0.29, 0.717) is 11.5 Å². The summed E-state index contributed by atoms with van der Waals surface area (Å²) in [6.45, 7) is 15.3. The highest BCUT2D eigenvalue weighted by Crippen LogP contribution is 2.46. The van der Waals surface area contributed by atoms with E-state index in [1.54, 1.807) is 23.6 Å². The Bertz CT molecular complexity index is 1410. The number of carbonyl (C=O) groups is 2. The van der Waals surface area contributed by atoms with Gasteiger partial charge in [0, 0.05) is 5.57 Å². The molecule has 1 N–H and O–H groups in total. The fraction of sp³-hybridized carbons (Fsp3) is 0.591. The van der Waals surface area contributed by atoms with Crippen molar-refractivity contribution in [2.24, 2.45) is 11.8 Å². The second-order valence-electron chi connectivity index (χ2n) is 14.8. The van der Waals surface area contributed by atoms with Gasteiger partial charge in [-0.1, -0.05) is 83.2 Å². The van der Waals surface area contributed by atoms with E-state index >= 15 is 0 Å². The molecule has 2 saturated carbocycles. The summed E-state index contributed by atoms with van der Waals surface area (Å²) in [5.41, 5.74) is 8.77. The Labute approximate surface area is 296 Å². The quantitative estimate of drug-likeness (QED) is 0.103. The van der Waals surface area contributed by atoms with Gasteiger partial charge in [-0.3, -0.25) is 0 Å². The van der Waals surface area contributed by atoms with Crippen LogP contribution in [0.2, 0.25) is 0 Å². The van der Waals surface area contributed by atoms with Crippen LogP contribution in [0.5, 0.6) is 0 Å². The van der Waals surface area contributed by atoms with Gasteiger partial charge in [-0.15, -0.1) is 0 Å². The van der Waals surface area contributed by atoms with Gasteiger partial charge in [0.15, 0.2) is 0 Å². The lowest BCUT2D eigenvalue weighted by atomic mass is 9.67. The molecule has 1 atom stereocenters. The van der Waals surface area contributed by atoms with Gasteiger partial charge in [0.2, 0.25) is 0 Å². The Morgan fingerprint density at radius 2 is 1.37 bits per heavy atom. The number of carbonyl (C=O) groups excluding carboxylic acids is 2. The van der Waals surface area contributed by atoms with Gasteiger partial charge >= 0.3 is 11.9 Å². The van der Waals surface area contributed by atoms with Gasteiger partial charge in [0.05, 0.1) is 18.1 Å². The van der Waals surface area contributed by atoms with Crippen molar-refractivity contribution < 1.29 is 24.2 Å². The SMILES string of the molecule is C=C(C)C(=O)OCC(COC(=O)C(=C)CO)c1ccc(C2CCC(C3CCC(c4ccc(CCCCC)c(CC)c4)CC3)CC2)c(CC)c1. The molecule has 0 saturated heterocycles. The first-order valence-electron chi connectivity index (χ1n) is 19.2. The number of aliphatic hydroxyl groups is 1. The van der Waals surface area contributed by atoms with E-state index in [4.69, 9.17) is 9.47 Å². The van der Waals surface area contributed by atoms with E-state index in [1.165, 1.54) is 88.2 Å². The van der Waals surface area contributed by atoms with Crippen LogP contribution in [-0.4, -0.2) is 36.9 Å². The van der Waals surface area contributed by atoms with Crippen LogP contribution in [0.4, 0.5) is 0 Å². The summed E-state index contributed by atoms with van der Waals surface area (Å²) in [6.07, 6.45) is 17.6. The lowest BCUT2D eigenvalue weighted by Crippen LogP contribution is -2.25. The number of hydrogen-bond donors (Lipinski definition) is 1. The molecule has 4 rings (SSSR count). The number of rotatable bonds is 17. The number of aryl methyl sites for hydroxylation is 3. The fourth-order valence-electron chi connectivity index (χ4n) is 8.33. The zero-order chi connectivity index (χ0) is 35.3. The standard InChI is InChI=1S/C44H62O5/c1-7-10-11-12-34-19-22-39(25-32(34)8-2)37-15-13-35(14-16-37)36-17-20-38(21-18-36)42-24-23-40(26-33(42)9-3)41(28-48-43(46)30(4)5)29-49-44(47)31(6)27-45/h19,22-26,35-38,41,45H,4,6-18,20-21,27-29H2,1-3,5H3. The van der Waals surface area contributed by atoms with Crippen molar-refractivity contribution in [1.29, 1.82) is 0 Å². The maximum Gasteiger partial charge on any atom is 0.335 e. The molecule has 2 aliphatic rings. The van der Waals surface area contributed by atoms with Crippen molar-refractivity contribution >= 4 is 11.9 Å². The minimum atomic E-state index is -0.645. The average molecular weight is 671 g/mol. The highest BCUT2D eigenvalue weighted by atomic mass is 16.5. The van der Waals surface area contributed by atoms with Gasteiger partial charge in [0.25, 0.3) is 0 Å². The maximum absolute atomic E-state index is 12.2. The van der Waals surface area contributed by atoms with Crippen molar-refractivity contribution in [3.63, 3.8) is 0 Å². The molecule has 0 bridgehead atoms. The zero-order valence-electron chi connectivity index (χ0n) is 30.9. The molecule has 1 unspecified atom stereocenters. The van der Waals surface area contributed by atoms with Gasteiger partial charge < -0.3 is 14.6 Å². The Morgan fingerprint density at radius 1 is 0.755 bits per heavy atom. The number of esters is 2. The Morgan fingerprint density at radius 3 is 1.94 bits per heavy atom. The first-order chi connectivity index (χ1) is 23.7. The number of aliphatic hydroxyl groups excluding tert-OH is 1. The Kier molecular flexibility index (Phi) is 15.2. The molecule has 268 valence electrons. The molecule has 0 amide bonds. The van der Waals surface area contributed by atoms with E-state index < -0.39 is 18.5 Å². The monoisotopic (exact) mass is 670 g/mol. The van der Waals surface area contributed by atoms with Crippen molar-refractivity contribution in [1.82, 2.24) is 0 Å². The molecular weight excluding hydrogens is 608 g/mol. The fourth-order valence-corrected chi connectivity index (χ4v) is 8.33. The minimum Gasteiger partial charge on any atom is -0.462 e. The van der Waals surface area contributed by atoms with Crippen LogP contribution in [-0.2, 0) is 38.3 Å². The second kappa shape index (κ2) is 19.3. The Hall–Kier alpha value is -3.18. The van der Waals surface area contributed by atoms with Gasteiger partial charge in [0.1, 0.15) is 13.2 Å². The molecular formula is C44H62O5. The van der Waals surface area contributed by atoms with Crippen LogP contribution in [0, 0.1) is 11.8 Å². The van der Waals surface area contributed by atoms with Crippen LogP contribution in [0.1, 0.15) is 149 Å². The number of benzene rings is 2. The summed E-state index contributed by atoms with van der Waals surface area (Å²) in [5, 5.41) is 9.26. The predicted molar refractivity (Wildman–Crippen MR) is 200 cm³/mol. The maximum atomic E-state index is 12.2. The van der Waals surface area contributed by atoms with E-state index in [-0.39, 0.29) is 24.7 Å². The third-order valence-corrected chi connectivity index (χ3v) is 11.5. The van der Waals surface area contributed by atoms with Crippen molar-refractivity contribution in [2.45, 2.75) is 135 Å². The first kappa shape index (κ1) is 38.6. The second-order valence-corrected chi connectivity index (χ2v) is 14.8. The van der Waals surface area contributed by atoms with Crippen LogP contribution in [0.3, 0.4) is 0 Å². The zero-order valence-corrected chi connectivity index (χ0v) is 30.9. The molecule has 0 heterocycles. The smallest absolute Gasteiger partial charge is 0.335 e. The molecule has 0 spiro atoms. The lowest BCUT2D eigenvalue weighted by molar-refractivity contribution is -0.142. The Balaban J connectivity index is 1.34. The molecule has 2 aliphatic carbocycles. The summed E-state index contributed by atoms with van der Waals surface area (Å²) in [5.74, 6) is 1.53. The van der Waals surface area contributed by atoms with Gasteiger partial charge in [-0.2, -0.15) is 0 Å². The topological polar surface area (TPSA) is 72.8 Å². The number of unbranched alkanes of at least 4 members (excludes halogenated alkanes) is 2.